The van der Waals surface area contributed by atoms with Crippen LogP contribution in [0.5, 0.6) is 0 Å². The molecule has 24 heteroatoms. The van der Waals surface area contributed by atoms with Crippen molar-refractivity contribution in [2.75, 3.05) is 19.8 Å². The normalized spacial score (nSPS) is 52.8. The number of aliphatic carboxylic acids is 1. The Morgan fingerprint density at radius 2 is 1.06 bits per heavy atom. The molecular formula is C54H86O24. The standard InChI is InChI=1S/C54H86O24/c1-49(2)14-16-54(48(70)78-46-38(66)35(63)32(60)26(21-57)73-46)17-15-52(6)22(23(54)18-49)8-9-28-51(5)12-11-29(50(3,4)27(51)10-13-53(28,52)7)74-47-42(77-45-37(65)34(62)31(59)25(20-56)72-45)40(39(67)41(76-47)43(68)69)75-44-36(64)33(61)30(58)24(19-55)71-44/h8,23-42,44-47,55-67H,9-21H2,1-7H3,(H,68,69)/t23?,24-,25-,26-,27?,28?,29+,30+,31+,32-,33+,34+,35+,36-,37-,38-,39+,40+,41+,42-,44+,45+,46+,47-,51+,52-,53-,54+/m1/s1. The van der Waals surface area contributed by atoms with Gasteiger partial charge in [-0.2, -0.15) is 0 Å². The van der Waals surface area contributed by atoms with Crippen molar-refractivity contribution in [3.8, 4) is 0 Å². The van der Waals surface area contributed by atoms with E-state index in [0.29, 0.717) is 44.9 Å². The molecule has 0 amide bonds. The summed E-state index contributed by atoms with van der Waals surface area (Å²) in [4.78, 5) is 27.7. The number of carbonyl (C=O) groups is 2. The number of hydrogen-bond donors (Lipinski definition) is 14. The van der Waals surface area contributed by atoms with E-state index in [-0.39, 0.29) is 39.4 Å². The Bertz CT molecular complexity index is 2190. The molecule has 0 aromatic heterocycles. The minimum Gasteiger partial charge on any atom is -0.479 e. The number of allylic oxidation sites excluding steroid dienone is 2. The summed E-state index contributed by atoms with van der Waals surface area (Å²) in [5.74, 6) is -2.33. The minimum absolute atomic E-state index is 0.0272. The first-order chi connectivity index (χ1) is 36.5. The van der Waals surface area contributed by atoms with Crippen LogP contribution in [0.3, 0.4) is 0 Å². The zero-order valence-electron chi connectivity index (χ0n) is 45.5. The summed E-state index contributed by atoms with van der Waals surface area (Å²) in [7, 11) is 0. The number of fused-ring (bicyclic) bond motifs is 7. The molecule has 0 radical (unpaired) electrons. The number of ether oxygens (including phenoxy) is 8. The lowest BCUT2D eigenvalue weighted by Gasteiger charge is -2.71. The number of carboxylic acid groups (broad SMARTS) is 1. The van der Waals surface area contributed by atoms with Crippen molar-refractivity contribution < 1.29 is 119 Å². The number of carboxylic acids is 1. The predicted molar refractivity (Wildman–Crippen MR) is 263 cm³/mol. The summed E-state index contributed by atoms with van der Waals surface area (Å²) >= 11 is 0. The van der Waals surface area contributed by atoms with Crippen LogP contribution < -0.4 is 0 Å². The van der Waals surface area contributed by atoms with Crippen molar-refractivity contribution in [2.45, 2.75) is 242 Å². The third-order valence-corrected chi connectivity index (χ3v) is 21.4. The summed E-state index contributed by atoms with van der Waals surface area (Å²) < 4.78 is 48.2. The minimum atomic E-state index is -2.16. The van der Waals surface area contributed by atoms with E-state index in [1.807, 2.05) is 0 Å². The van der Waals surface area contributed by atoms with Gasteiger partial charge in [-0.3, -0.25) is 4.79 Å². The molecule has 28 atom stereocenters. The summed E-state index contributed by atoms with van der Waals surface area (Å²) in [5.41, 5.74) is -1.57. The van der Waals surface area contributed by atoms with Crippen LogP contribution in [0.2, 0.25) is 0 Å². The van der Waals surface area contributed by atoms with E-state index in [1.54, 1.807) is 0 Å². The highest BCUT2D eigenvalue weighted by molar-refractivity contribution is 5.79. The maximum absolute atomic E-state index is 14.8. The third kappa shape index (κ3) is 9.72. The molecule has 9 aliphatic rings. The van der Waals surface area contributed by atoms with Gasteiger partial charge in [-0.1, -0.05) is 60.1 Å². The Labute approximate surface area is 453 Å². The van der Waals surface area contributed by atoms with E-state index < -0.39 is 172 Å². The van der Waals surface area contributed by atoms with Gasteiger partial charge in [0.15, 0.2) is 25.0 Å². The smallest absolute Gasteiger partial charge is 0.335 e. The van der Waals surface area contributed by atoms with Crippen molar-refractivity contribution in [3.63, 3.8) is 0 Å². The van der Waals surface area contributed by atoms with E-state index in [1.165, 1.54) is 5.57 Å². The van der Waals surface area contributed by atoms with Crippen LogP contribution in [-0.4, -0.2) is 232 Å². The van der Waals surface area contributed by atoms with Crippen molar-refractivity contribution in [1.29, 1.82) is 0 Å². The highest BCUT2D eigenvalue weighted by atomic mass is 16.8. The molecule has 24 nitrogen and oxygen atoms in total. The molecule has 0 aromatic rings. The highest BCUT2D eigenvalue weighted by Crippen LogP contribution is 2.76. The van der Waals surface area contributed by atoms with Crippen molar-refractivity contribution in [3.05, 3.63) is 11.6 Å². The van der Waals surface area contributed by atoms with Gasteiger partial charge in [0.2, 0.25) is 6.29 Å². The fraction of sp³-hybridized carbons (Fsp3) is 0.926. The van der Waals surface area contributed by atoms with Crippen molar-refractivity contribution in [2.24, 2.45) is 50.2 Å². The largest absolute Gasteiger partial charge is 0.479 e. The number of rotatable bonds is 12. The fourth-order valence-corrected chi connectivity index (χ4v) is 16.5. The van der Waals surface area contributed by atoms with Crippen LogP contribution in [0.1, 0.15) is 113 Å². The molecule has 4 aliphatic heterocycles. The number of carbonyl (C=O) groups excluding carboxylic acids is 1. The average Bonchev–Trinajstić information content (AvgIpc) is 3.56. The third-order valence-electron chi connectivity index (χ3n) is 21.4. The topological polar surface area (TPSA) is 391 Å². The Morgan fingerprint density at radius 1 is 0.551 bits per heavy atom. The molecule has 0 bridgehead atoms. The molecule has 5 aliphatic carbocycles. The summed E-state index contributed by atoms with van der Waals surface area (Å²) in [6.07, 6.45) is -28.0. The average molecular weight is 1120 g/mol. The van der Waals surface area contributed by atoms with Crippen molar-refractivity contribution >= 4 is 11.9 Å². The first-order valence-electron chi connectivity index (χ1n) is 27.8. The molecule has 0 aromatic carbocycles. The maximum Gasteiger partial charge on any atom is 0.335 e. The first kappa shape index (κ1) is 60.5. The first-order valence-corrected chi connectivity index (χ1v) is 27.8. The van der Waals surface area contributed by atoms with Crippen molar-refractivity contribution in [1.82, 2.24) is 0 Å². The zero-order chi connectivity index (χ0) is 57.1. The van der Waals surface area contributed by atoms with Gasteiger partial charge < -0.3 is 109 Å². The molecule has 8 fully saturated rings. The molecule has 446 valence electrons. The zero-order valence-corrected chi connectivity index (χ0v) is 45.5. The fourth-order valence-electron chi connectivity index (χ4n) is 16.5. The van der Waals surface area contributed by atoms with Gasteiger partial charge in [-0.25, -0.2) is 4.79 Å². The monoisotopic (exact) mass is 1120 g/mol. The molecule has 4 saturated carbocycles. The van der Waals surface area contributed by atoms with Gasteiger partial charge in [0, 0.05) is 0 Å². The second-order valence-electron chi connectivity index (χ2n) is 26.3. The van der Waals surface area contributed by atoms with Crippen LogP contribution in [0.25, 0.3) is 0 Å². The molecule has 9 rings (SSSR count). The van der Waals surface area contributed by atoms with Crippen LogP contribution in [0.4, 0.5) is 0 Å². The van der Waals surface area contributed by atoms with Gasteiger partial charge in [0.05, 0.1) is 31.3 Å². The van der Waals surface area contributed by atoms with Gasteiger partial charge in [0.25, 0.3) is 0 Å². The lowest BCUT2D eigenvalue weighted by atomic mass is 9.33. The number of esters is 1. The number of hydrogen-bond acceptors (Lipinski definition) is 23. The quantitative estimate of drug-likeness (QED) is 0.0574. The van der Waals surface area contributed by atoms with Gasteiger partial charge in [0.1, 0.15) is 91.6 Å². The second-order valence-corrected chi connectivity index (χ2v) is 26.3. The molecule has 3 unspecified atom stereocenters. The maximum atomic E-state index is 14.8. The van der Waals surface area contributed by atoms with E-state index >= 15 is 0 Å². The summed E-state index contributed by atoms with van der Waals surface area (Å²) in [6.45, 7) is 13.2. The molecular weight excluding hydrogens is 1030 g/mol. The van der Waals surface area contributed by atoms with Gasteiger partial charge in [-0.05, 0) is 109 Å². The Kier molecular flexibility index (Phi) is 16.9. The summed E-state index contributed by atoms with van der Waals surface area (Å²) in [6, 6.07) is 0. The van der Waals surface area contributed by atoms with E-state index in [2.05, 4.69) is 54.5 Å². The summed E-state index contributed by atoms with van der Waals surface area (Å²) in [5, 5.41) is 149. The Morgan fingerprint density at radius 3 is 1.60 bits per heavy atom. The van der Waals surface area contributed by atoms with Gasteiger partial charge in [-0.15, -0.1) is 0 Å². The molecule has 4 heterocycles. The van der Waals surface area contributed by atoms with E-state index in [9.17, 15) is 81.1 Å². The van der Waals surface area contributed by atoms with E-state index in [0.717, 1.165) is 19.3 Å². The number of aliphatic hydroxyl groups is 13. The Hall–Kier alpha value is -2.12. The molecule has 0 spiro atoms. The van der Waals surface area contributed by atoms with Crippen LogP contribution in [0.15, 0.2) is 11.6 Å². The van der Waals surface area contributed by atoms with Crippen LogP contribution in [0, 0.1) is 50.2 Å². The van der Waals surface area contributed by atoms with E-state index in [4.69, 9.17) is 37.9 Å². The molecule has 4 saturated heterocycles. The SMILES string of the molecule is CC1(C)CC[C@]2(C(=O)O[C@@H]3O[C@H](CO)[C@@H](O)[C@H](O)[C@H]3O)CC[C@]3(C)C(=CCC4[C@@]5(C)CC[C@H](O[C@@H]6O[C@H](C(=O)O)[C@@H](O)[C@H](O[C@@H]7O[C@H](CO)[C@H](O)[C@H](O)[C@H]7O)[C@H]6O[C@@H]6O[C@H](CO)[C@H](O)[C@H](O)[C@H]6O)C(C)(C)C5CC[C@]43C)C2C1. The van der Waals surface area contributed by atoms with Crippen LogP contribution >= 0.6 is 0 Å². The second kappa shape index (κ2) is 21.8. The lowest BCUT2D eigenvalue weighted by molar-refractivity contribution is -0.396. The Balaban J connectivity index is 1.00. The predicted octanol–water partition coefficient (Wildman–Crippen LogP) is -1.94. The lowest BCUT2D eigenvalue weighted by Crippen LogP contribution is -2.68. The molecule has 14 N–H and O–H groups in total. The number of aliphatic hydroxyl groups excluding tert-OH is 13. The van der Waals surface area contributed by atoms with Crippen LogP contribution in [-0.2, 0) is 47.5 Å². The van der Waals surface area contributed by atoms with Gasteiger partial charge >= 0.3 is 11.9 Å². The highest BCUT2D eigenvalue weighted by Gasteiger charge is 2.70. The molecule has 78 heavy (non-hydrogen) atoms.